The van der Waals surface area contributed by atoms with E-state index in [0.717, 1.165) is 43.6 Å². The number of aryl methyl sites for hydroxylation is 1. The fourth-order valence-corrected chi connectivity index (χ4v) is 4.14. The molecular weight excluding hydrogens is 395 g/mol. The molecule has 7 heteroatoms. The molecule has 0 unspecified atom stereocenters. The molecule has 0 radical (unpaired) electrons. The lowest BCUT2D eigenvalue weighted by molar-refractivity contribution is 0.0633. The van der Waals surface area contributed by atoms with Crippen molar-refractivity contribution in [1.29, 1.82) is 0 Å². The summed E-state index contributed by atoms with van der Waals surface area (Å²) in [5.41, 5.74) is 2.14. The highest BCUT2D eigenvalue weighted by Gasteiger charge is 2.24. The molecule has 1 aromatic heterocycles. The maximum Gasteiger partial charge on any atom is 0.270 e. The van der Waals surface area contributed by atoms with Gasteiger partial charge in [-0.25, -0.2) is 4.39 Å². The van der Waals surface area contributed by atoms with E-state index in [9.17, 15) is 14.0 Å². The number of fused-ring (bicyclic) bond motifs is 1. The number of benzene rings is 2. The Kier molecular flexibility index (Phi) is 6.04. The first-order chi connectivity index (χ1) is 15.0. The maximum atomic E-state index is 13.9. The molecule has 1 N–H and O–H groups in total. The molecule has 1 aliphatic rings. The molecule has 1 aliphatic heterocycles. The first-order valence-corrected chi connectivity index (χ1v) is 10.7. The summed E-state index contributed by atoms with van der Waals surface area (Å²) in [7, 11) is 0. The summed E-state index contributed by atoms with van der Waals surface area (Å²) in [5, 5.41) is 3.62. The zero-order chi connectivity index (χ0) is 22.0. The Hall–Kier alpha value is -3.19. The van der Waals surface area contributed by atoms with Crippen molar-refractivity contribution < 1.29 is 14.0 Å². The summed E-state index contributed by atoms with van der Waals surface area (Å²) in [6.45, 7) is 9.04. The Labute approximate surface area is 181 Å². The summed E-state index contributed by atoms with van der Waals surface area (Å²) < 4.78 is 15.9. The number of nitrogens with zero attached hydrogens (tertiary/aromatic N) is 3. The van der Waals surface area contributed by atoms with E-state index in [2.05, 4.69) is 17.1 Å². The van der Waals surface area contributed by atoms with Crippen molar-refractivity contribution in [1.82, 2.24) is 14.4 Å². The number of hydrogen-bond acceptors (Lipinski definition) is 3. The summed E-state index contributed by atoms with van der Waals surface area (Å²) in [6, 6.07) is 13.3. The van der Waals surface area contributed by atoms with E-state index in [-0.39, 0.29) is 11.5 Å². The van der Waals surface area contributed by atoms with Crippen LogP contribution in [0.4, 0.5) is 10.1 Å². The lowest BCUT2D eigenvalue weighted by atomic mass is 10.2. The van der Waals surface area contributed by atoms with Gasteiger partial charge in [-0.2, -0.15) is 0 Å². The standard InChI is InChI=1S/C24H27FN4O2/c1-3-27-11-13-28(14-12-27)24(31)22-16-17-15-18(9-10-21(17)29(22)4-2)26-23(30)19-7-5-6-8-20(19)25/h5-10,15-16H,3-4,11-14H2,1-2H3,(H,26,30). The van der Waals surface area contributed by atoms with E-state index in [4.69, 9.17) is 0 Å². The summed E-state index contributed by atoms with van der Waals surface area (Å²) >= 11 is 0. The minimum Gasteiger partial charge on any atom is -0.337 e. The molecule has 3 aromatic rings. The summed E-state index contributed by atoms with van der Waals surface area (Å²) in [4.78, 5) is 29.9. The minimum absolute atomic E-state index is 0.00388. The van der Waals surface area contributed by atoms with Gasteiger partial charge in [-0.3, -0.25) is 9.59 Å². The molecule has 0 spiro atoms. The fourth-order valence-electron chi connectivity index (χ4n) is 4.14. The van der Waals surface area contributed by atoms with Crippen molar-refractivity contribution in [2.45, 2.75) is 20.4 Å². The molecule has 162 valence electrons. The van der Waals surface area contributed by atoms with Crippen molar-refractivity contribution in [2.24, 2.45) is 0 Å². The number of nitrogens with one attached hydrogen (secondary N) is 1. The Morgan fingerprint density at radius 2 is 1.71 bits per heavy atom. The van der Waals surface area contributed by atoms with E-state index in [1.54, 1.807) is 18.2 Å². The van der Waals surface area contributed by atoms with Gasteiger partial charge >= 0.3 is 0 Å². The number of hydrogen-bond donors (Lipinski definition) is 1. The SMILES string of the molecule is CCN1CCN(C(=O)c2cc3cc(NC(=O)c4ccccc4F)ccc3n2CC)CC1. The number of piperazine rings is 1. The molecule has 1 saturated heterocycles. The number of carbonyl (C=O) groups excluding carboxylic acids is 2. The summed E-state index contributed by atoms with van der Waals surface area (Å²) in [6.07, 6.45) is 0. The Balaban J connectivity index is 1.58. The van der Waals surface area contributed by atoms with Crippen LogP contribution in [0.1, 0.15) is 34.7 Å². The van der Waals surface area contributed by atoms with E-state index >= 15 is 0 Å². The molecule has 1 fully saturated rings. The van der Waals surface area contributed by atoms with Crippen molar-refractivity contribution in [3.05, 3.63) is 65.6 Å². The number of halogens is 1. The second-order valence-electron chi connectivity index (χ2n) is 7.71. The third-order valence-electron chi connectivity index (χ3n) is 5.92. The Morgan fingerprint density at radius 1 is 0.968 bits per heavy atom. The number of likely N-dealkylation sites (N-methyl/N-ethyl adjacent to an activating group) is 1. The topological polar surface area (TPSA) is 57.6 Å². The second-order valence-corrected chi connectivity index (χ2v) is 7.71. The van der Waals surface area contributed by atoms with Crippen LogP contribution in [0.15, 0.2) is 48.5 Å². The van der Waals surface area contributed by atoms with Gasteiger partial charge in [0.2, 0.25) is 0 Å². The van der Waals surface area contributed by atoms with Crippen LogP contribution >= 0.6 is 0 Å². The van der Waals surface area contributed by atoms with Crippen LogP contribution < -0.4 is 5.32 Å². The van der Waals surface area contributed by atoms with Gasteiger partial charge in [0, 0.05) is 49.3 Å². The van der Waals surface area contributed by atoms with Gasteiger partial charge < -0.3 is 19.7 Å². The Bertz CT molecular complexity index is 1120. The lowest BCUT2D eigenvalue weighted by Gasteiger charge is -2.34. The molecule has 6 nitrogen and oxygen atoms in total. The number of carbonyl (C=O) groups is 2. The molecule has 0 aliphatic carbocycles. The van der Waals surface area contributed by atoms with E-state index in [1.807, 2.05) is 34.6 Å². The minimum atomic E-state index is -0.561. The third-order valence-corrected chi connectivity index (χ3v) is 5.92. The second kappa shape index (κ2) is 8.89. The van der Waals surface area contributed by atoms with Crippen LogP contribution in [0.2, 0.25) is 0 Å². The summed E-state index contributed by atoms with van der Waals surface area (Å²) in [5.74, 6) is -1.03. The monoisotopic (exact) mass is 422 g/mol. The predicted octanol–water partition coefficient (Wildman–Crippen LogP) is 3.83. The fraction of sp³-hybridized carbons (Fsp3) is 0.333. The first kappa shape index (κ1) is 21.1. The first-order valence-electron chi connectivity index (χ1n) is 10.7. The van der Waals surface area contributed by atoms with Gasteiger partial charge in [-0.1, -0.05) is 19.1 Å². The van der Waals surface area contributed by atoms with Crippen LogP contribution in [-0.2, 0) is 6.54 Å². The van der Waals surface area contributed by atoms with Crippen LogP contribution in [-0.4, -0.2) is 58.9 Å². The van der Waals surface area contributed by atoms with Gasteiger partial charge in [-0.05, 0) is 49.9 Å². The van der Waals surface area contributed by atoms with Gasteiger partial charge in [0.15, 0.2) is 0 Å². The molecule has 0 atom stereocenters. The van der Waals surface area contributed by atoms with E-state index < -0.39 is 11.7 Å². The third kappa shape index (κ3) is 4.18. The highest BCUT2D eigenvalue weighted by atomic mass is 19.1. The predicted molar refractivity (Wildman–Crippen MR) is 120 cm³/mol. The molecule has 0 bridgehead atoms. The molecule has 31 heavy (non-hydrogen) atoms. The Morgan fingerprint density at radius 3 is 2.39 bits per heavy atom. The lowest BCUT2D eigenvalue weighted by Crippen LogP contribution is -2.48. The largest absolute Gasteiger partial charge is 0.337 e. The molecule has 2 heterocycles. The molecule has 4 rings (SSSR count). The van der Waals surface area contributed by atoms with Gasteiger partial charge in [0.05, 0.1) is 5.56 Å². The van der Waals surface area contributed by atoms with Gasteiger partial charge in [0.1, 0.15) is 11.5 Å². The number of anilines is 1. The van der Waals surface area contributed by atoms with Crippen molar-refractivity contribution in [2.75, 3.05) is 38.0 Å². The number of rotatable bonds is 5. The van der Waals surface area contributed by atoms with Crippen LogP contribution in [0.3, 0.4) is 0 Å². The quantitative estimate of drug-likeness (QED) is 0.680. The van der Waals surface area contributed by atoms with Crippen molar-refractivity contribution in [3.8, 4) is 0 Å². The van der Waals surface area contributed by atoms with Crippen LogP contribution in [0, 0.1) is 5.82 Å². The number of amides is 2. The van der Waals surface area contributed by atoms with E-state index in [0.29, 0.717) is 17.9 Å². The average molecular weight is 423 g/mol. The normalized spacial score (nSPS) is 14.7. The highest BCUT2D eigenvalue weighted by molar-refractivity contribution is 6.06. The van der Waals surface area contributed by atoms with Crippen LogP contribution in [0.25, 0.3) is 10.9 Å². The molecule has 2 aromatic carbocycles. The molecule has 2 amide bonds. The van der Waals surface area contributed by atoms with Crippen molar-refractivity contribution in [3.63, 3.8) is 0 Å². The van der Waals surface area contributed by atoms with Crippen LogP contribution in [0.5, 0.6) is 0 Å². The zero-order valence-corrected chi connectivity index (χ0v) is 17.9. The van der Waals surface area contributed by atoms with E-state index in [1.165, 1.54) is 12.1 Å². The molecule has 0 saturated carbocycles. The van der Waals surface area contributed by atoms with Crippen molar-refractivity contribution >= 4 is 28.4 Å². The zero-order valence-electron chi connectivity index (χ0n) is 17.9. The number of aromatic nitrogens is 1. The smallest absolute Gasteiger partial charge is 0.270 e. The van der Waals surface area contributed by atoms with Gasteiger partial charge in [0.25, 0.3) is 11.8 Å². The average Bonchev–Trinajstić information content (AvgIpc) is 3.16. The van der Waals surface area contributed by atoms with Gasteiger partial charge in [-0.15, -0.1) is 0 Å². The highest BCUT2D eigenvalue weighted by Crippen LogP contribution is 2.25. The molecular formula is C24H27FN4O2. The maximum absolute atomic E-state index is 13.9.